The van der Waals surface area contributed by atoms with Crippen molar-refractivity contribution in [3.8, 4) is 0 Å². The van der Waals surface area contributed by atoms with Gasteiger partial charge in [-0.3, -0.25) is 4.79 Å². The lowest BCUT2D eigenvalue weighted by Crippen LogP contribution is -2.37. The number of aliphatic hydroxyl groups is 1. The summed E-state index contributed by atoms with van der Waals surface area (Å²) in [6.45, 7) is 7.15. The molecule has 4 nitrogen and oxygen atoms in total. The number of nitrogens with zero attached hydrogens (tertiary/aromatic N) is 1. The molecule has 1 amide bonds. The van der Waals surface area contributed by atoms with Crippen molar-refractivity contribution in [1.82, 2.24) is 4.90 Å². The monoisotopic (exact) mass is 265 g/mol. The van der Waals surface area contributed by atoms with E-state index in [-0.39, 0.29) is 12.5 Å². The van der Waals surface area contributed by atoms with Crippen LogP contribution >= 0.6 is 0 Å². The average molecular weight is 265 g/mol. The molecule has 0 aliphatic carbocycles. The Morgan fingerprint density at radius 3 is 2.26 bits per heavy atom. The first-order valence-electron chi connectivity index (χ1n) is 6.48. The molecule has 0 unspecified atom stereocenters. The number of methoxy groups -OCH3 is 1. The quantitative estimate of drug-likeness (QED) is 0.851. The van der Waals surface area contributed by atoms with Crippen LogP contribution in [-0.2, 0) is 4.74 Å². The van der Waals surface area contributed by atoms with E-state index >= 15 is 0 Å². The Morgan fingerprint density at radius 2 is 1.79 bits per heavy atom. The molecule has 0 saturated heterocycles. The van der Waals surface area contributed by atoms with E-state index in [1.165, 1.54) is 0 Å². The van der Waals surface area contributed by atoms with E-state index in [9.17, 15) is 4.79 Å². The molecule has 0 radical (unpaired) electrons. The molecule has 0 saturated carbocycles. The van der Waals surface area contributed by atoms with Gasteiger partial charge in [0.2, 0.25) is 0 Å². The molecule has 1 N–H and O–H groups in total. The summed E-state index contributed by atoms with van der Waals surface area (Å²) in [6.07, 6.45) is 0. The Kier molecular flexibility index (Phi) is 5.99. The molecule has 0 fully saturated rings. The van der Waals surface area contributed by atoms with Crippen LogP contribution in [0.25, 0.3) is 0 Å². The summed E-state index contributed by atoms with van der Waals surface area (Å²) in [6, 6.07) is 4.02. The second-order valence-corrected chi connectivity index (χ2v) is 4.78. The number of ether oxygens (including phenoxy) is 1. The number of benzene rings is 1. The van der Waals surface area contributed by atoms with E-state index in [0.717, 1.165) is 22.3 Å². The zero-order valence-electron chi connectivity index (χ0n) is 12.2. The van der Waals surface area contributed by atoms with Gasteiger partial charge in [-0.2, -0.15) is 0 Å². The maximum absolute atomic E-state index is 12.6. The Labute approximate surface area is 115 Å². The summed E-state index contributed by atoms with van der Waals surface area (Å²) in [5, 5.41) is 9.08. The van der Waals surface area contributed by atoms with Crippen molar-refractivity contribution in [1.29, 1.82) is 0 Å². The lowest BCUT2D eigenvalue weighted by molar-refractivity contribution is 0.0655. The topological polar surface area (TPSA) is 49.8 Å². The predicted molar refractivity (Wildman–Crippen MR) is 75.5 cm³/mol. The largest absolute Gasteiger partial charge is 0.395 e. The third-order valence-electron chi connectivity index (χ3n) is 3.11. The number of carbonyl (C=O) groups excluding carboxylic acids is 1. The second-order valence-electron chi connectivity index (χ2n) is 4.78. The standard InChI is InChI=1S/C15H23NO3/c1-11-9-12(2)14(13(3)10-11)15(18)16(5-7-17)6-8-19-4/h9-10,17H,5-8H2,1-4H3. The van der Waals surface area contributed by atoms with Crippen molar-refractivity contribution in [2.75, 3.05) is 33.4 Å². The highest BCUT2D eigenvalue weighted by Gasteiger charge is 2.19. The smallest absolute Gasteiger partial charge is 0.254 e. The summed E-state index contributed by atoms with van der Waals surface area (Å²) in [5.41, 5.74) is 3.83. The van der Waals surface area contributed by atoms with Crippen LogP contribution in [0.2, 0.25) is 0 Å². The minimum atomic E-state index is -0.0423. The van der Waals surface area contributed by atoms with Crippen molar-refractivity contribution in [3.63, 3.8) is 0 Å². The summed E-state index contributed by atoms with van der Waals surface area (Å²) in [7, 11) is 1.60. The lowest BCUT2D eigenvalue weighted by Gasteiger charge is -2.23. The first-order valence-corrected chi connectivity index (χ1v) is 6.48. The van der Waals surface area contributed by atoms with Crippen molar-refractivity contribution in [3.05, 3.63) is 34.4 Å². The van der Waals surface area contributed by atoms with Crippen molar-refractivity contribution in [2.24, 2.45) is 0 Å². The van der Waals surface area contributed by atoms with Crippen LogP contribution in [0.5, 0.6) is 0 Å². The van der Waals surface area contributed by atoms with Crippen LogP contribution < -0.4 is 0 Å². The Hall–Kier alpha value is -1.39. The number of amides is 1. The van der Waals surface area contributed by atoms with Crippen LogP contribution in [0.1, 0.15) is 27.0 Å². The van der Waals surface area contributed by atoms with Gasteiger partial charge in [0, 0.05) is 25.8 Å². The fourth-order valence-corrected chi connectivity index (χ4v) is 2.31. The molecule has 1 aromatic rings. The minimum absolute atomic E-state index is 0.0406. The first-order chi connectivity index (χ1) is 9.01. The molecule has 0 heterocycles. The van der Waals surface area contributed by atoms with E-state index in [2.05, 4.69) is 0 Å². The van der Waals surface area contributed by atoms with E-state index in [4.69, 9.17) is 9.84 Å². The summed E-state index contributed by atoms with van der Waals surface area (Å²) in [5.74, 6) is -0.0406. The number of hydrogen-bond donors (Lipinski definition) is 1. The molecule has 0 spiro atoms. The molecule has 19 heavy (non-hydrogen) atoms. The van der Waals surface area contributed by atoms with E-state index < -0.39 is 0 Å². The highest BCUT2D eigenvalue weighted by molar-refractivity contribution is 5.97. The van der Waals surface area contributed by atoms with E-state index in [0.29, 0.717) is 19.7 Å². The molecule has 106 valence electrons. The normalized spacial score (nSPS) is 10.6. The average Bonchev–Trinajstić information content (AvgIpc) is 2.33. The van der Waals surface area contributed by atoms with Crippen LogP contribution in [0.15, 0.2) is 12.1 Å². The molecule has 0 aromatic heterocycles. The fraction of sp³-hybridized carbons (Fsp3) is 0.533. The van der Waals surface area contributed by atoms with Crippen LogP contribution in [0, 0.1) is 20.8 Å². The number of hydrogen-bond acceptors (Lipinski definition) is 3. The van der Waals surface area contributed by atoms with E-state index in [1.807, 2.05) is 32.9 Å². The van der Waals surface area contributed by atoms with Crippen molar-refractivity contribution < 1.29 is 14.6 Å². The van der Waals surface area contributed by atoms with Gasteiger partial charge in [-0.1, -0.05) is 17.7 Å². The number of aryl methyl sites for hydroxylation is 3. The van der Waals surface area contributed by atoms with Gasteiger partial charge in [0.15, 0.2) is 0 Å². The second kappa shape index (κ2) is 7.26. The summed E-state index contributed by atoms with van der Waals surface area (Å²) >= 11 is 0. The molecule has 1 aromatic carbocycles. The zero-order valence-corrected chi connectivity index (χ0v) is 12.2. The number of rotatable bonds is 6. The molecule has 1 rings (SSSR count). The summed E-state index contributed by atoms with van der Waals surface area (Å²) < 4.78 is 5.01. The van der Waals surface area contributed by atoms with Gasteiger partial charge in [-0.25, -0.2) is 0 Å². The van der Waals surface area contributed by atoms with Gasteiger partial charge in [-0.05, 0) is 31.9 Å². The van der Waals surface area contributed by atoms with Crippen LogP contribution in [0.4, 0.5) is 0 Å². The van der Waals surface area contributed by atoms with Gasteiger partial charge in [-0.15, -0.1) is 0 Å². The van der Waals surface area contributed by atoms with Crippen LogP contribution in [-0.4, -0.2) is 49.3 Å². The molecular weight excluding hydrogens is 242 g/mol. The molecule has 0 aliphatic rings. The number of aliphatic hydroxyl groups excluding tert-OH is 1. The zero-order chi connectivity index (χ0) is 14.4. The molecular formula is C15H23NO3. The van der Waals surface area contributed by atoms with Gasteiger partial charge >= 0.3 is 0 Å². The van der Waals surface area contributed by atoms with Crippen molar-refractivity contribution >= 4 is 5.91 Å². The van der Waals surface area contributed by atoms with Gasteiger partial charge < -0.3 is 14.7 Å². The van der Waals surface area contributed by atoms with E-state index in [1.54, 1.807) is 12.0 Å². The Bertz CT molecular complexity index is 420. The molecule has 0 aliphatic heterocycles. The predicted octanol–water partition coefficient (Wildman–Crippen LogP) is 1.69. The first kappa shape index (κ1) is 15.7. The van der Waals surface area contributed by atoms with Crippen molar-refractivity contribution in [2.45, 2.75) is 20.8 Å². The Morgan fingerprint density at radius 1 is 1.21 bits per heavy atom. The molecule has 0 bridgehead atoms. The molecule has 0 atom stereocenters. The minimum Gasteiger partial charge on any atom is -0.395 e. The van der Waals surface area contributed by atoms with Gasteiger partial charge in [0.05, 0.1) is 13.2 Å². The maximum atomic E-state index is 12.6. The molecule has 4 heteroatoms. The maximum Gasteiger partial charge on any atom is 0.254 e. The fourth-order valence-electron chi connectivity index (χ4n) is 2.31. The van der Waals surface area contributed by atoms with Gasteiger partial charge in [0.25, 0.3) is 5.91 Å². The third-order valence-corrected chi connectivity index (χ3v) is 3.11. The SMILES string of the molecule is COCCN(CCO)C(=O)c1c(C)cc(C)cc1C. The third kappa shape index (κ3) is 4.04. The van der Waals surface area contributed by atoms with Crippen LogP contribution in [0.3, 0.4) is 0 Å². The number of carbonyl (C=O) groups is 1. The summed E-state index contributed by atoms with van der Waals surface area (Å²) in [4.78, 5) is 14.2. The Balaban J connectivity index is 3.02. The van der Waals surface area contributed by atoms with Gasteiger partial charge in [0.1, 0.15) is 0 Å². The highest BCUT2D eigenvalue weighted by Crippen LogP contribution is 2.18. The highest BCUT2D eigenvalue weighted by atomic mass is 16.5. The lowest BCUT2D eigenvalue weighted by atomic mass is 9.98.